The van der Waals surface area contributed by atoms with Crippen molar-refractivity contribution < 1.29 is 23.1 Å². The summed E-state index contributed by atoms with van der Waals surface area (Å²) < 4.78 is 33.3. The Balaban J connectivity index is 1.47. The molecule has 0 saturated carbocycles. The minimum Gasteiger partial charge on any atom is -0.394 e. The third-order valence-electron chi connectivity index (χ3n) is 5.11. The van der Waals surface area contributed by atoms with Gasteiger partial charge >= 0.3 is 0 Å². The van der Waals surface area contributed by atoms with Crippen LogP contribution in [-0.2, 0) is 26.0 Å². The van der Waals surface area contributed by atoms with Crippen molar-refractivity contribution in [1.82, 2.24) is 15.0 Å². The van der Waals surface area contributed by atoms with Gasteiger partial charge in [-0.15, -0.1) is 0 Å². The number of hydrogen-bond donors (Lipinski definition) is 3. The summed E-state index contributed by atoms with van der Waals surface area (Å²) in [7, 11) is -3.72. The van der Waals surface area contributed by atoms with E-state index in [-0.39, 0.29) is 47.5 Å². The molecule has 1 saturated heterocycles. The fraction of sp³-hybridized carbons (Fsp3) is 0.429. The van der Waals surface area contributed by atoms with Gasteiger partial charge < -0.3 is 15.2 Å². The number of pyridine rings is 1. The largest absolute Gasteiger partial charge is 0.394 e. The number of nitrogens with one attached hydrogen (secondary N) is 2. The Kier molecular flexibility index (Phi) is 8.39. The minimum absolute atomic E-state index is 0.0332. The lowest BCUT2D eigenvalue weighted by Crippen LogP contribution is -2.51. The van der Waals surface area contributed by atoms with Gasteiger partial charge in [0.2, 0.25) is 15.9 Å². The number of aromatic nitrogens is 1. The molecular weight excluding hydrogens is 442 g/mol. The molecule has 2 aromatic rings. The molecule has 1 aliphatic rings. The molecule has 1 aromatic carbocycles. The Labute approximate surface area is 187 Å². The third-order valence-corrected chi connectivity index (χ3v) is 7.07. The summed E-state index contributed by atoms with van der Waals surface area (Å²) in [6.45, 7) is -0.0614. The van der Waals surface area contributed by atoms with Crippen LogP contribution in [0.15, 0.2) is 53.7 Å². The Morgan fingerprint density at radius 1 is 1.23 bits per heavy atom. The van der Waals surface area contributed by atoms with Crippen molar-refractivity contribution in [2.45, 2.75) is 48.8 Å². The number of hydrogen-bond acceptors (Lipinski definition) is 6. The average molecular weight is 468 g/mol. The standard InChI is InChI=1S/C21H26ClN3O5S/c22-17-5-1-2-6-20(17)31(28,29)24-11-9-16-7-8-18(19(14-26)30-16)25-21(27)12-15-4-3-10-23-13-15/h1-6,10,13,16,18-19,24,26H,7-9,11-12,14H2,(H,25,27)/t16-,18+,19+/m0/s1. The van der Waals surface area contributed by atoms with E-state index < -0.39 is 16.1 Å². The van der Waals surface area contributed by atoms with Gasteiger partial charge in [-0.3, -0.25) is 9.78 Å². The number of carbonyl (C=O) groups is 1. The van der Waals surface area contributed by atoms with Crippen LogP contribution in [0.5, 0.6) is 0 Å². The molecule has 0 bridgehead atoms. The van der Waals surface area contributed by atoms with Gasteiger partial charge in [-0.05, 0) is 43.0 Å². The molecule has 0 radical (unpaired) electrons. The predicted octanol–water partition coefficient (Wildman–Crippen LogP) is 1.67. The maximum absolute atomic E-state index is 12.4. The fourth-order valence-electron chi connectivity index (χ4n) is 3.55. The van der Waals surface area contributed by atoms with Gasteiger partial charge in [-0.25, -0.2) is 13.1 Å². The fourth-order valence-corrected chi connectivity index (χ4v) is 5.11. The van der Waals surface area contributed by atoms with Gasteiger partial charge in [-0.2, -0.15) is 0 Å². The van der Waals surface area contributed by atoms with Gasteiger partial charge in [0.1, 0.15) is 11.0 Å². The Hall–Kier alpha value is -2.04. The lowest BCUT2D eigenvalue weighted by Gasteiger charge is -2.36. The molecule has 1 amide bonds. The summed E-state index contributed by atoms with van der Waals surface area (Å²) in [4.78, 5) is 16.3. The highest BCUT2D eigenvalue weighted by atomic mass is 35.5. The van der Waals surface area contributed by atoms with Crippen molar-refractivity contribution in [2.24, 2.45) is 0 Å². The van der Waals surface area contributed by atoms with Gasteiger partial charge in [-0.1, -0.05) is 29.8 Å². The molecule has 1 fully saturated rings. The van der Waals surface area contributed by atoms with Crippen LogP contribution in [0.2, 0.25) is 5.02 Å². The highest BCUT2D eigenvalue weighted by Gasteiger charge is 2.32. The number of nitrogens with zero attached hydrogens (tertiary/aromatic N) is 1. The summed E-state index contributed by atoms with van der Waals surface area (Å²) in [5, 5.41) is 12.8. The topological polar surface area (TPSA) is 118 Å². The number of benzene rings is 1. The van der Waals surface area contributed by atoms with Gasteiger partial charge in [0.15, 0.2) is 0 Å². The highest BCUT2D eigenvalue weighted by Crippen LogP contribution is 2.23. The molecule has 2 heterocycles. The Morgan fingerprint density at radius 2 is 2.03 bits per heavy atom. The van der Waals surface area contributed by atoms with Crippen molar-refractivity contribution in [3.05, 3.63) is 59.4 Å². The van der Waals surface area contributed by atoms with Crippen molar-refractivity contribution in [1.29, 1.82) is 0 Å². The second kappa shape index (κ2) is 11.0. The van der Waals surface area contributed by atoms with Gasteiger partial charge in [0.05, 0.1) is 30.2 Å². The van der Waals surface area contributed by atoms with E-state index in [1.54, 1.807) is 30.6 Å². The number of aliphatic hydroxyl groups excluding tert-OH is 1. The molecule has 1 aliphatic heterocycles. The maximum atomic E-state index is 12.4. The molecule has 10 heteroatoms. The first-order chi connectivity index (χ1) is 14.9. The molecule has 3 rings (SSSR count). The molecule has 0 spiro atoms. The second-order valence-electron chi connectivity index (χ2n) is 7.39. The van der Waals surface area contributed by atoms with Crippen LogP contribution in [0.4, 0.5) is 0 Å². The zero-order valence-corrected chi connectivity index (χ0v) is 18.5. The van der Waals surface area contributed by atoms with Gasteiger partial charge in [0, 0.05) is 18.9 Å². The van der Waals surface area contributed by atoms with Crippen molar-refractivity contribution in [3.63, 3.8) is 0 Å². The van der Waals surface area contributed by atoms with Crippen LogP contribution in [0, 0.1) is 0 Å². The lowest BCUT2D eigenvalue weighted by molar-refractivity contribution is -0.127. The number of aliphatic hydroxyl groups is 1. The van der Waals surface area contributed by atoms with E-state index in [4.69, 9.17) is 16.3 Å². The van der Waals surface area contributed by atoms with Crippen LogP contribution < -0.4 is 10.0 Å². The van der Waals surface area contributed by atoms with E-state index >= 15 is 0 Å². The first kappa shape index (κ1) is 23.6. The quantitative estimate of drug-likeness (QED) is 0.516. The van der Waals surface area contributed by atoms with E-state index in [9.17, 15) is 18.3 Å². The Bertz CT molecular complexity index is 974. The van der Waals surface area contributed by atoms with Gasteiger partial charge in [0.25, 0.3) is 0 Å². The number of amides is 1. The number of halogens is 1. The third kappa shape index (κ3) is 6.72. The van der Waals surface area contributed by atoms with E-state index in [1.807, 2.05) is 6.07 Å². The minimum atomic E-state index is -3.72. The van der Waals surface area contributed by atoms with Crippen molar-refractivity contribution in [3.8, 4) is 0 Å². The molecule has 1 aromatic heterocycles. The predicted molar refractivity (Wildman–Crippen MR) is 116 cm³/mol. The zero-order chi connectivity index (χ0) is 22.3. The first-order valence-electron chi connectivity index (χ1n) is 10.1. The molecular formula is C21H26ClN3O5S. The summed E-state index contributed by atoms with van der Waals surface area (Å²) in [5.41, 5.74) is 0.806. The van der Waals surface area contributed by atoms with Crippen LogP contribution in [-0.4, -0.2) is 55.8 Å². The number of carbonyl (C=O) groups excluding carboxylic acids is 1. The van der Waals surface area contributed by atoms with Crippen molar-refractivity contribution >= 4 is 27.5 Å². The van der Waals surface area contributed by atoms with Crippen LogP contribution in [0.1, 0.15) is 24.8 Å². The molecule has 3 N–H and O–H groups in total. The molecule has 31 heavy (non-hydrogen) atoms. The first-order valence-corrected chi connectivity index (χ1v) is 11.9. The van der Waals surface area contributed by atoms with E-state index in [2.05, 4.69) is 15.0 Å². The summed E-state index contributed by atoms with van der Waals surface area (Å²) in [6, 6.07) is 9.54. The summed E-state index contributed by atoms with van der Waals surface area (Å²) in [6.07, 6.45) is 4.43. The number of ether oxygens (including phenoxy) is 1. The Morgan fingerprint density at radius 3 is 2.74 bits per heavy atom. The van der Waals surface area contributed by atoms with E-state index in [1.165, 1.54) is 12.1 Å². The van der Waals surface area contributed by atoms with Crippen LogP contribution in [0.3, 0.4) is 0 Å². The van der Waals surface area contributed by atoms with Crippen LogP contribution in [0.25, 0.3) is 0 Å². The second-order valence-corrected chi connectivity index (χ2v) is 9.53. The molecule has 0 unspecified atom stereocenters. The molecule has 168 valence electrons. The molecule has 0 aliphatic carbocycles. The molecule has 8 nitrogen and oxygen atoms in total. The highest BCUT2D eigenvalue weighted by molar-refractivity contribution is 7.89. The monoisotopic (exact) mass is 467 g/mol. The maximum Gasteiger partial charge on any atom is 0.242 e. The lowest BCUT2D eigenvalue weighted by atomic mass is 9.97. The number of rotatable bonds is 9. The number of sulfonamides is 1. The smallest absolute Gasteiger partial charge is 0.242 e. The van der Waals surface area contributed by atoms with Crippen LogP contribution >= 0.6 is 11.6 Å². The van der Waals surface area contributed by atoms with Crippen molar-refractivity contribution in [2.75, 3.05) is 13.2 Å². The SMILES string of the molecule is O=C(Cc1cccnc1)N[C@@H]1CC[C@@H](CCNS(=O)(=O)c2ccccc2Cl)O[C@@H]1CO. The summed E-state index contributed by atoms with van der Waals surface area (Å²) in [5.74, 6) is -0.161. The zero-order valence-electron chi connectivity index (χ0n) is 16.9. The summed E-state index contributed by atoms with van der Waals surface area (Å²) >= 11 is 5.97. The van der Waals surface area contributed by atoms with E-state index in [0.717, 1.165) is 5.56 Å². The molecule has 3 atom stereocenters. The normalized spacial score (nSPS) is 21.5. The average Bonchev–Trinajstić information content (AvgIpc) is 2.75. The van der Waals surface area contributed by atoms with E-state index in [0.29, 0.717) is 19.3 Å².